The second-order valence-corrected chi connectivity index (χ2v) is 6.63. The summed E-state index contributed by atoms with van der Waals surface area (Å²) in [7, 11) is 1.81. The van der Waals surface area contributed by atoms with Gasteiger partial charge in [0.05, 0.1) is 12.0 Å². The highest BCUT2D eigenvalue weighted by Gasteiger charge is 2.45. The van der Waals surface area contributed by atoms with Gasteiger partial charge in [-0.3, -0.25) is 14.5 Å². The largest absolute Gasteiger partial charge is 0.356 e. The van der Waals surface area contributed by atoms with Gasteiger partial charge in [0.1, 0.15) is 0 Å². The van der Waals surface area contributed by atoms with E-state index < -0.39 is 0 Å². The van der Waals surface area contributed by atoms with Crippen molar-refractivity contribution in [1.82, 2.24) is 20.4 Å². The van der Waals surface area contributed by atoms with E-state index in [0.29, 0.717) is 12.6 Å². The number of likely N-dealkylation sites (tertiary alicyclic amines) is 2. The number of likely N-dealkylation sites (N-methyl/N-ethyl adjacent to an activating group) is 1. The maximum absolute atomic E-state index is 12.0. The predicted octanol–water partition coefficient (Wildman–Crippen LogP) is -0.591. The molecular formula is C15H26N4O2. The van der Waals surface area contributed by atoms with Crippen LogP contribution in [0.25, 0.3) is 0 Å². The van der Waals surface area contributed by atoms with Crippen molar-refractivity contribution in [3.63, 3.8) is 0 Å². The van der Waals surface area contributed by atoms with Crippen LogP contribution in [0.5, 0.6) is 0 Å². The van der Waals surface area contributed by atoms with Crippen LogP contribution in [0.3, 0.4) is 0 Å². The molecule has 2 N–H and O–H groups in total. The zero-order valence-corrected chi connectivity index (χ0v) is 12.9. The van der Waals surface area contributed by atoms with Gasteiger partial charge in [-0.15, -0.1) is 0 Å². The number of piperidine rings is 1. The first-order valence-electron chi connectivity index (χ1n) is 8.09. The smallest absolute Gasteiger partial charge is 0.236 e. The van der Waals surface area contributed by atoms with Crippen molar-refractivity contribution >= 4 is 11.8 Å². The number of carbonyl (C=O) groups excluding carboxylic acids is 2. The zero-order valence-electron chi connectivity index (χ0n) is 12.9. The molecule has 3 heterocycles. The number of rotatable bonds is 3. The Morgan fingerprint density at radius 1 is 1.33 bits per heavy atom. The molecule has 118 valence electrons. The van der Waals surface area contributed by atoms with E-state index in [0.717, 1.165) is 58.4 Å². The number of hydrogen-bond donors (Lipinski definition) is 2. The maximum atomic E-state index is 12.0. The molecule has 3 fully saturated rings. The van der Waals surface area contributed by atoms with E-state index in [1.807, 2.05) is 11.9 Å². The molecular weight excluding hydrogens is 268 g/mol. The molecule has 3 aliphatic heterocycles. The van der Waals surface area contributed by atoms with E-state index in [1.54, 1.807) is 0 Å². The van der Waals surface area contributed by atoms with Gasteiger partial charge in [0.15, 0.2) is 0 Å². The molecule has 21 heavy (non-hydrogen) atoms. The maximum Gasteiger partial charge on any atom is 0.236 e. The van der Waals surface area contributed by atoms with Crippen LogP contribution in [-0.2, 0) is 9.59 Å². The molecule has 0 aromatic carbocycles. The van der Waals surface area contributed by atoms with Crippen molar-refractivity contribution in [1.29, 1.82) is 0 Å². The van der Waals surface area contributed by atoms with Crippen LogP contribution in [0.4, 0.5) is 0 Å². The van der Waals surface area contributed by atoms with Crippen molar-refractivity contribution in [2.75, 3.05) is 46.3 Å². The molecule has 2 amide bonds. The molecule has 1 atom stereocenters. The minimum absolute atomic E-state index is 0.0866. The molecule has 0 aliphatic carbocycles. The van der Waals surface area contributed by atoms with E-state index in [4.69, 9.17) is 0 Å². The normalized spacial score (nSPS) is 29.1. The summed E-state index contributed by atoms with van der Waals surface area (Å²) in [6.07, 6.45) is 4.01. The molecule has 0 bridgehead atoms. The molecule has 3 rings (SSSR count). The second kappa shape index (κ2) is 5.93. The Labute approximate surface area is 126 Å². The minimum atomic E-state index is -0.0866. The fraction of sp³-hybridized carbons (Fsp3) is 0.867. The van der Waals surface area contributed by atoms with Crippen LogP contribution >= 0.6 is 0 Å². The van der Waals surface area contributed by atoms with E-state index >= 15 is 0 Å². The Bertz CT molecular complexity index is 418. The third kappa shape index (κ3) is 2.79. The second-order valence-electron chi connectivity index (χ2n) is 6.63. The van der Waals surface area contributed by atoms with Crippen molar-refractivity contribution in [2.24, 2.45) is 5.41 Å². The molecule has 3 aliphatic rings. The summed E-state index contributed by atoms with van der Waals surface area (Å²) in [5.41, 5.74) is -0.0866. The molecule has 0 aromatic heterocycles. The van der Waals surface area contributed by atoms with Crippen LogP contribution in [0, 0.1) is 5.41 Å². The molecule has 3 saturated heterocycles. The first-order valence-corrected chi connectivity index (χ1v) is 8.09. The van der Waals surface area contributed by atoms with Gasteiger partial charge in [-0.2, -0.15) is 0 Å². The zero-order chi connectivity index (χ0) is 14.9. The van der Waals surface area contributed by atoms with Gasteiger partial charge >= 0.3 is 0 Å². The number of nitrogens with one attached hydrogen (secondary N) is 2. The van der Waals surface area contributed by atoms with Crippen molar-refractivity contribution in [3.8, 4) is 0 Å². The highest BCUT2D eigenvalue weighted by molar-refractivity contribution is 5.84. The first-order chi connectivity index (χ1) is 10.1. The van der Waals surface area contributed by atoms with E-state index in [2.05, 4.69) is 15.5 Å². The van der Waals surface area contributed by atoms with Crippen molar-refractivity contribution < 1.29 is 9.59 Å². The highest BCUT2D eigenvalue weighted by Crippen LogP contribution is 2.39. The Morgan fingerprint density at radius 2 is 2.10 bits per heavy atom. The average Bonchev–Trinajstić information content (AvgIpc) is 3.09. The summed E-state index contributed by atoms with van der Waals surface area (Å²) < 4.78 is 0. The van der Waals surface area contributed by atoms with Crippen LogP contribution in [-0.4, -0.2) is 74.0 Å². The minimum Gasteiger partial charge on any atom is -0.356 e. The van der Waals surface area contributed by atoms with Gasteiger partial charge in [-0.25, -0.2) is 0 Å². The van der Waals surface area contributed by atoms with Gasteiger partial charge in [-0.05, 0) is 45.8 Å². The quantitative estimate of drug-likeness (QED) is 0.730. The van der Waals surface area contributed by atoms with Crippen LogP contribution in [0.1, 0.15) is 25.7 Å². The van der Waals surface area contributed by atoms with Crippen molar-refractivity contribution in [2.45, 2.75) is 31.7 Å². The van der Waals surface area contributed by atoms with Gasteiger partial charge in [0, 0.05) is 25.7 Å². The number of carbonyl (C=O) groups is 2. The van der Waals surface area contributed by atoms with E-state index in [-0.39, 0.29) is 17.2 Å². The third-order valence-electron chi connectivity index (χ3n) is 5.49. The number of hydrogen-bond acceptors (Lipinski definition) is 4. The lowest BCUT2D eigenvalue weighted by molar-refractivity contribution is -0.130. The standard InChI is InChI=1S/C15H26N4O2/c1-16-10-13(20)19-7-2-12(11-19)18-8-4-15(5-9-18)3-6-17-14(15)21/h12,16H,2-11H2,1H3,(H,17,21). The molecule has 1 unspecified atom stereocenters. The fourth-order valence-electron chi connectivity index (χ4n) is 4.04. The molecule has 6 heteroatoms. The Balaban J connectivity index is 1.51. The van der Waals surface area contributed by atoms with Gasteiger partial charge in [0.2, 0.25) is 11.8 Å². The first kappa shape index (κ1) is 14.8. The van der Waals surface area contributed by atoms with Gasteiger partial charge < -0.3 is 15.5 Å². The molecule has 6 nitrogen and oxygen atoms in total. The molecule has 0 aromatic rings. The predicted molar refractivity (Wildman–Crippen MR) is 79.8 cm³/mol. The SMILES string of the molecule is CNCC(=O)N1CCC(N2CCC3(CCNC3=O)CC2)C1. The van der Waals surface area contributed by atoms with Crippen LogP contribution < -0.4 is 10.6 Å². The monoisotopic (exact) mass is 294 g/mol. The number of amides is 2. The van der Waals surface area contributed by atoms with Crippen molar-refractivity contribution in [3.05, 3.63) is 0 Å². The summed E-state index contributed by atoms with van der Waals surface area (Å²) in [5.74, 6) is 0.461. The fourth-order valence-corrected chi connectivity index (χ4v) is 4.04. The summed E-state index contributed by atoms with van der Waals surface area (Å²) in [6, 6.07) is 0.479. The lowest BCUT2D eigenvalue weighted by Gasteiger charge is -2.40. The molecule has 1 spiro atoms. The number of nitrogens with zero attached hydrogens (tertiary/aromatic N) is 2. The van der Waals surface area contributed by atoms with E-state index in [1.165, 1.54) is 0 Å². The Kier molecular flexibility index (Phi) is 4.17. The van der Waals surface area contributed by atoms with Crippen LogP contribution in [0.15, 0.2) is 0 Å². The third-order valence-corrected chi connectivity index (χ3v) is 5.49. The summed E-state index contributed by atoms with van der Waals surface area (Å²) in [5, 5.41) is 5.91. The van der Waals surface area contributed by atoms with E-state index in [9.17, 15) is 9.59 Å². The highest BCUT2D eigenvalue weighted by atomic mass is 16.2. The lowest BCUT2D eigenvalue weighted by atomic mass is 9.77. The topological polar surface area (TPSA) is 64.7 Å². The van der Waals surface area contributed by atoms with Gasteiger partial charge in [-0.1, -0.05) is 0 Å². The summed E-state index contributed by atoms with van der Waals surface area (Å²) >= 11 is 0. The Morgan fingerprint density at radius 3 is 2.71 bits per heavy atom. The lowest BCUT2D eigenvalue weighted by Crippen LogP contribution is -2.48. The summed E-state index contributed by atoms with van der Waals surface area (Å²) in [6.45, 7) is 4.97. The summed E-state index contributed by atoms with van der Waals surface area (Å²) in [4.78, 5) is 28.4. The van der Waals surface area contributed by atoms with Crippen LogP contribution in [0.2, 0.25) is 0 Å². The van der Waals surface area contributed by atoms with Gasteiger partial charge in [0.25, 0.3) is 0 Å². The Hall–Kier alpha value is -1.14. The average molecular weight is 294 g/mol. The molecule has 0 radical (unpaired) electrons. The molecule has 0 saturated carbocycles.